The lowest BCUT2D eigenvalue weighted by Gasteiger charge is -2.27. The van der Waals surface area contributed by atoms with Crippen molar-refractivity contribution < 1.29 is 24.2 Å². The van der Waals surface area contributed by atoms with Gasteiger partial charge in [0.25, 0.3) is 0 Å². The van der Waals surface area contributed by atoms with Gasteiger partial charge in [-0.25, -0.2) is 9.59 Å². The first-order chi connectivity index (χ1) is 14.3. The van der Waals surface area contributed by atoms with Gasteiger partial charge in [-0.15, -0.1) is 0 Å². The van der Waals surface area contributed by atoms with E-state index in [9.17, 15) is 19.5 Å². The predicted octanol–water partition coefficient (Wildman–Crippen LogP) is 3.24. The first kappa shape index (κ1) is 21.4. The van der Waals surface area contributed by atoms with Crippen LogP contribution in [0.15, 0.2) is 48.5 Å². The van der Waals surface area contributed by atoms with Crippen LogP contribution < -0.4 is 5.32 Å². The molecule has 1 aliphatic rings. The van der Waals surface area contributed by atoms with Crippen LogP contribution in [0.25, 0.3) is 11.1 Å². The fourth-order valence-corrected chi connectivity index (χ4v) is 3.95. The first-order valence-electron chi connectivity index (χ1n) is 9.96. The number of carboxylic acid groups (broad SMARTS) is 1. The summed E-state index contributed by atoms with van der Waals surface area (Å²) in [5.74, 6) is -1.65. The van der Waals surface area contributed by atoms with Gasteiger partial charge in [0, 0.05) is 13.0 Å². The summed E-state index contributed by atoms with van der Waals surface area (Å²) in [6, 6.07) is 14.2. The van der Waals surface area contributed by atoms with Gasteiger partial charge in [0.05, 0.1) is 0 Å². The van der Waals surface area contributed by atoms with Crippen LogP contribution in [0.3, 0.4) is 0 Å². The summed E-state index contributed by atoms with van der Waals surface area (Å²) in [5, 5.41) is 11.7. The molecule has 0 heterocycles. The van der Waals surface area contributed by atoms with Crippen molar-refractivity contribution in [3.05, 3.63) is 59.7 Å². The molecule has 2 N–H and O–H groups in total. The lowest BCUT2D eigenvalue weighted by molar-refractivity contribution is -0.149. The number of amides is 2. The van der Waals surface area contributed by atoms with E-state index < -0.39 is 30.1 Å². The van der Waals surface area contributed by atoms with E-state index in [2.05, 4.69) is 17.4 Å². The highest BCUT2D eigenvalue weighted by Crippen LogP contribution is 2.44. The van der Waals surface area contributed by atoms with E-state index in [4.69, 9.17) is 4.74 Å². The van der Waals surface area contributed by atoms with Gasteiger partial charge >= 0.3 is 12.1 Å². The fourth-order valence-electron chi connectivity index (χ4n) is 3.95. The average Bonchev–Trinajstić information content (AvgIpc) is 3.05. The van der Waals surface area contributed by atoms with Crippen molar-refractivity contribution in [1.29, 1.82) is 0 Å². The summed E-state index contributed by atoms with van der Waals surface area (Å²) >= 11 is 0. The fraction of sp³-hybridized carbons (Fsp3) is 0.348. The number of carboxylic acids is 1. The Balaban J connectivity index is 1.62. The number of fused-ring (bicyclic) bond motifs is 3. The van der Waals surface area contributed by atoms with E-state index in [1.165, 1.54) is 14.0 Å². The highest BCUT2D eigenvalue weighted by Gasteiger charge is 2.31. The molecule has 2 atom stereocenters. The van der Waals surface area contributed by atoms with Gasteiger partial charge < -0.3 is 20.1 Å². The molecule has 1 unspecified atom stereocenters. The van der Waals surface area contributed by atoms with Crippen LogP contribution in [0.5, 0.6) is 0 Å². The molecule has 1 aliphatic carbocycles. The third-order valence-electron chi connectivity index (χ3n) is 5.54. The van der Waals surface area contributed by atoms with Gasteiger partial charge in [-0.05, 0) is 35.6 Å². The number of aliphatic carboxylic acids is 1. The molecule has 30 heavy (non-hydrogen) atoms. The topological polar surface area (TPSA) is 95.9 Å². The number of hydrogen-bond donors (Lipinski definition) is 2. The van der Waals surface area contributed by atoms with Crippen molar-refractivity contribution in [2.45, 2.75) is 38.3 Å². The number of hydrogen-bond acceptors (Lipinski definition) is 4. The molecule has 0 radical (unpaired) electrons. The minimum absolute atomic E-state index is 0.0756. The van der Waals surface area contributed by atoms with Gasteiger partial charge in [0.15, 0.2) is 0 Å². The highest BCUT2D eigenvalue weighted by molar-refractivity contribution is 5.88. The molecule has 0 saturated carbocycles. The molecule has 7 heteroatoms. The number of likely N-dealkylation sites (N-methyl/N-ethyl adjacent to an activating group) is 1. The van der Waals surface area contributed by atoms with E-state index in [0.29, 0.717) is 0 Å². The van der Waals surface area contributed by atoms with Crippen LogP contribution in [0.2, 0.25) is 0 Å². The third kappa shape index (κ3) is 4.15. The second-order valence-corrected chi connectivity index (χ2v) is 7.40. The van der Waals surface area contributed by atoms with Gasteiger partial charge in [-0.3, -0.25) is 4.79 Å². The van der Waals surface area contributed by atoms with E-state index in [1.807, 2.05) is 36.4 Å². The van der Waals surface area contributed by atoms with E-state index in [-0.39, 0.29) is 18.9 Å². The number of rotatable bonds is 7. The Bertz CT molecular complexity index is 913. The largest absolute Gasteiger partial charge is 0.480 e. The number of nitrogens with one attached hydrogen (secondary N) is 1. The number of carbonyl (C=O) groups excluding carboxylic acids is 2. The lowest BCUT2D eigenvalue weighted by Crippen LogP contribution is -2.51. The molecule has 0 spiro atoms. The van der Waals surface area contributed by atoms with E-state index >= 15 is 0 Å². The van der Waals surface area contributed by atoms with Crippen molar-refractivity contribution >= 4 is 18.0 Å². The summed E-state index contributed by atoms with van der Waals surface area (Å²) in [6.45, 7) is 3.34. The van der Waals surface area contributed by atoms with Gasteiger partial charge in [-0.2, -0.15) is 0 Å². The molecule has 0 aromatic heterocycles. The average molecular weight is 410 g/mol. The second kappa shape index (κ2) is 8.98. The zero-order chi connectivity index (χ0) is 21.8. The maximum absolute atomic E-state index is 12.5. The van der Waals surface area contributed by atoms with E-state index in [1.54, 1.807) is 6.92 Å². The van der Waals surface area contributed by atoms with Crippen LogP contribution in [0, 0.1) is 0 Å². The van der Waals surface area contributed by atoms with Crippen LogP contribution in [-0.2, 0) is 14.3 Å². The zero-order valence-electron chi connectivity index (χ0n) is 17.3. The standard InChI is InChI=1S/C23H26N2O5/c1-4-20(22(27)28)25(3)21(26)14(2)24-23(29)30-13-19-17-11-7-5-9-15(17)16-10-6-8-12-18(16)19/h5-12,14,19-20H,4,13H2,1-3H3,(H,24,29)(H,27,28)/t14-,20?/m0/s1. The van der Waals surface area contributed by atoms with Crippen molar-refractivity contribution in [3.8, 4) is 11.1 Å². The SMILES string of the molecule is CCC(C(=O)O)N(C)C(=O)[C@H](C)NC(=O)OCC1c2ccccc2-c2ccccc21. The second-order valence-electron chi connectivity index (χ2n) is 7.40. The molecule has 0 aliphatic heterocycles. The Morgan fingerprint density at radius 1 is 1.07 bits per heavy atom. The molecular formula is C23H26N2O5. The lowest BCUT2D eigenvalue weighted by atomic mass is 9.98. The number of nitrogens with zero attached hydrogens (tertiary/aromatic N) is 1. The maximum atomic E-state index is 12.5. The maximum Gasteiger partial charge on any atom is 0.407 e. The quantitative estimate of drug-likeness (QED) is 0.731. The van der Waals surface area contributed by atoms with Crippen LogP contribution in [-0.4, -0.2) is 53.7 Å². The number of carbonyl (C=O) groups is 3. The Morgan fingerprint density at radius 2 is 1.60 bits per heavy atom. The summed E-state index contributed by atoms with van der Waals surface area (Å²) in [5.41, 5.74) is 4.46. The van der Waals surface area contributed by atoms with Gasteiger partial charge in [0.2, 0.25) is 5.91 Å². The van der Waals surface area contributed by atoms with Crippen LogP contribution in [0.1, 0.15) is 37.3 Å². The smallest absolute Gasteiger partial charge is 0.407 e. The van der Waals surface area contributed by atoms with Crippen LogP contribution >= 0.6 is 0 Å². The summed E-state index contributed by atoms with van der Waals surface area (Å²) in [6.07, 6.45) is -0.440. The Morgan fingerprint density at radius 3 is 2.10 bits per heavy atom. The van der Waals surface area contributed by atoms with Gasteiger partial charge in [0.1, 0.15) is 18.7 Å². The molecule has 0 fully saturated rings. The number of alkyl carbamates (subject to hydrolysis) is 1. The highest BCUT2D eigenvalue weighted by atomic mass is 16.5. The number of benzene rings is 2. The Labute approximate surface area is 175 Å². The molecule has 2 aromatic carbocycles. The summed E-state index contributed by atoms with van der Waals surface area (Å²) in [7, 11) is 1.42. The van der Waals surface area contributed by atoms with Crippen molar-refractivity contribution in [3.63, 3.8) is 0 Å². The van der Waals surface area contributed by atoms with E-state index in [0.717, 1.165) is 27.2 Å². The Kier molecular flexibility index (Phi) is 6.40. The molecule has 0 bridgehead atoms. The molecule has 2 amide bonds. The predicted molar refractivity (Wildman–Crippen MR) is 112 cm³/mol. The van der Waals surface area contributed by atoms with Crippen molar-refractivity contribution in [1.82, 2.24) is 10.2 Å². The third-order valence-corrected chi connectivity index (χ3v) is 5.54. The first-order valence-corrected chi connectivity index (χ1v) is 9.96. The van der Waals surface area contributed by atoms with Crippen LogP contribution in [0.4, 0.5) is 4.79 Å². The minimum Gasteiger partial charge on any atom is -0.480 e. The molecular weight excluding hydrogens is 384 g/mol. The number of ether oxygens (including phenoxy) is 1. The molecule has 0 saturated heterocycles. The van der Waals surface area contributed by atoms with Crippen molar-refractivity contribution in [2.75, 3.05) is 13.7 Å². The monoisotopic (exact) mass is 410 g/mol. The zero-order valence-corrected chi connectivity index (χ0v) is 17.3. The summed E-state index contributed by atoms with van der Waals surface area (Å²) in [4.78, 5) is 37.2. The Hall–Kier alpha value is -3.35. The normalized spacial score (nSPS) is 14.2. The molecule has 158 valence electrons. The molecule has 2 aromatic rings. The molecule has 7 nitrogen and oxygen atoms in total. The van der Waals surface area contributed by atoms with Gasteiger partial charge in [-0.1, -0.05) is 55.5 Å². The summed E-state index contributed by atoms with van der Waals surface area (Å²) < 4.78 is 5.44. The minimum atomic E-state index is -1.08. The van der Waals surface area contributed by atoms with Crippen molar-refractivity contribution in [2.24, 2.45) is 0 Å². The molecule has 3 rings (SSSR count).